The Hall–Kier alpha value is -3.79. The molecule has 0 saturated carbocycles. The third-order valence-corrected chi connectivity index (χ3v) is 7.34. The second kappa shape index (κ2) is 12.6. The quantitative estimate of drug-likeness (QED) is 0.251. The summed E-state index contributed by atoms with van der Waals surface area (Å²) in [6, 6.07) is 12.6. The highest BCUT2D eigenvalue weighted by Crippen LogP contribution is 2.31. The number of halogens is 1. The smallest absolute Gasteiger partial charge is 0.269 e. The van der Waals surface area contributed by atoms with E-state index in [0.29, 0.717) is 31.1 Å². The Balaban J connectivity index is 1.76. The number of rotatable bonds is 10. The molecule has 4 rings (SSSR count). The van der Waals surface area contributed by atoms with Gasteiger partial charge in [-0.25, -0.2) is 9.07 Å². The Morgan fingerprint density at radius 3 is 2.17 bits per heavy atom. The van der Waals surface area contributed by atoms with E-state index in [0.717, 1.165) is 48.9 Å². The van der Waals surface area contributed by atoms with Crippen LogP contribution in [0, 0.1) is 21.8 Å². The molecule has 1 aromatic heterocycles. The van der Waals surface area contributed by atoms with Gasteiger partial charge in [-0.05, 0) is 62.6 Å². The van der Waals surface area contributed by atoms with Crippen LogP contribution in [0.3, 0.4) is 0 Å². The monoisotopic (exact) mass is 550 g/mol. The number of nitrogens with zero attached hydrogens (tertiary/aromatic N) is 6. The van der Waals surface area contributed by atoms with E-state index in [1.807, 2.05) is 16.5 Å². The zero-order valence-corrected chi connectivity index (χ0v) is 24.0. The number of carbonyl (C=O) groups excluding carboxylic acids is 1. The highest BCUT2D eigenvalue weighted by molar-refractivity contribution is 5.94. The van der Waals surface area contributed by atoms with E-state index in [1.54, 1.807) is 12.1 Å². The second-order valence-corrected chi connectivity index (χ2v) is 11.0. The van der Waals surface area contributed by atoms with Crippen LogP contribution in [-0.4, -0.2) is 69.2 Å². The lowest BCUT2D eigenvalue weighted by Gasteiger charge is -2.38. The first-order chi connectivity index (χ1) is 19.1. The fourth-order valence-corrected chi connectivity index (χ4v) is 5.23. The third kappa shape index (κ3) is 6.50. The zero-order chi connectivity index (χ0) is 29.0. The minimum Gasteiger partial charge on any atom is -0.354 e. The molecule has 1 aliphatic heterocycles. The third-order valence-electron chi connectivity index (χ3n) is 7.34. The summed E-state index contributed by atoms with van der Waals surface area (Å²) in [7, 11) is 0. The molecule has 0 aliphatic carbocycles. The number of amides is 1. The molecule has 2 aromatic carbocycles. The molecule has 1 fully saturated rings. The Morgan fingerprint density at radius 1 is 1.02 bits per heavy atom. The van der Waals surface area contributed by atoms with Gasteiger partial charge in [0.15, 0.2) is 0 Å². The standard InChI is InChI=1S/C30H39FN6O3/c1-6-28-27(20-35(19-21(2)3)30(38)23-7-11-26(12-8-23)37(39)40)29(34-17-15-33(16-18-34)22(4)5)36(32-28)25-13-9-24(31)10-14-25/h7-14,21-22H,6,15-20H2,1-5H3. The predicted molar refractivity (Wildman–Crippen MR) is 154 cm³/mol. The van der Waals surface area contributed by atoms with Crippen molar-refractivity contribution >= 4 is 17.4 Å². The number of carbonyl (C=O) groups is 1. The van der Waals surface area contributed by atoms with Crippen molar-refractivity contribution in [2.75, 3.05) is 37.6 Å². The maximum Gasteiger partial charge on any atom is 0.269 e. The molecule has 0 bridgehead atoms. The fraction of sp³-hybridized carbons (Fsp3) is 0.467. The lowest BCUT2D eigenvalue weighted by molar-refractivity contribution is -0.384. The van der Waals surface area contributed by atoms with E-state index in [-0.39, 0.29) is 23.3 Å². The predicted octanol–water partition coefficient (Wildman–Crippen LogP) is 5.31. The van der Waals surface area contributed by atoms with Crippen LogP contribution in [0.4, 0.5) is 15.9 Å². The molecule has 0 radical (unpaired) electrons. The summed E-state index contributed by atoms with van der Waals surface area (Å²) < 4.78 is 15.7. The Morgan fingerprint density at radius 2 is 1.65 bits per heavy atom. The maximum atomic E-state index is 13.8. The van der Waals surface area contributed by atoms with Crippen molar-refractivity contribution in [1.82, 2.24) is 19.6 Å². The first-order valence-electron chi connectivity index (χ1n) is 14.0. The van der Waals surface area contributed by atoms with Crippen molar-refractivity contribution in [3.63, 3.8) is 0 Å². The molecule has 214 valence electrons. The number of piperazine rings is 1. The summed E-state index contributed by atoms with van der Waals surface area (Å²) in [4.78, 5) is 31.0. The first kappa shape index (κ1) is 29.2. The fourth-order valence-electron chi connectivity index (χ4n) is 5.23. The van der Waals surface area contributed by atoms with E-state index in [4.69, 9.17) is 5.10 Å². The van der Waals surface area contributed by atoms with Crippen LogP contribution in [0.5, 0.6) is 0 Å². The summed E-state index contributed by atoms with van der Waals surface area (Å²) in [6.07, 6.45) is 0.670. The van der Waals surface area contributed by atoms with Gasteiger partial charge in [0.05, 0.1) is 22.8 Å². The van der Waals surface area contributed by atoms with Crippen LogP contribution in [0.1, 0.15) is 56.2 Å². The normalized spacial score (nSPS) is 14.2. The molecule has 1 amide bonds. The number of benzene rings is 2. The van der Waals surface area contributed by atoms with Crippen molar-refractivity contribution in [2.24, 2.45) is 5.92 Å². The minimum absolute atomic E-state index is 0.0522. The second-order valence-electron chi connectivity index (χ2n) is 11.0. The largest absolute Gasteiger partial charge is 0.354 e. The molecule has 0 N–H and O–H groups in total. The van der Waals surface area contributed by atoms with Crippen molar-refractivity contribution in [3.05, 3.63) is 81.3 Å². The van der Waals surface area contributed by atoms with Gasteiger partial charge in [0.2, 0.25) is 0 Å². The Bertz CT molecular complexity index is 1310. The topological polar surface area (TPSA) is 87.8 Å². The van der Waals surface area contributed by atoms with Gasteiger partial charge in [-0.3, -0.25) is 19.8 Å². The number of non-ortho nitro benzene ring substituents is 1. The van der Waals surface area contributed by atoms with Gasteiger partial charge in [-0.2, -0.15) is 5.10 Å². The number of hydrogen-bond acceptors (Lipinski definition) is 6. The van der Waals surface area contributed by atoms with Gasteiger partial charge < -0.3 is 9.80 Å². The van der Waals surface area contributed by atoms with Crippen LogP contribution < -0.4 is 4.90 Å². The highest BCUT2D eigenvalue weighted by atomic mass is 19.1. The molecule has 2 heterocycles. The van der Waals surface area contributed by atoms with Gasteiger partial charge in [-0.15, -0.1) is 0 Å². The zero-order valence-electron chi connectivity index (χ0n) is 24.0. The number of hydrogen-bond donors (Lipinski definition) is 0. The maximum absolute atomic E-state index is 13.8. The van der Waals surface area contributed by atoms with E-state index >= 15 is 0 Å². The molecule has 9 nitrogen and oxygen atoms in total. The van der Waals surface area contributed by atoms with E-state index in [9.17, 15) is 19.3 Å². The first-order valence-corrected chi connectivity index (χ1v) is 14.0. The van der Waals surface area contributed by atoms with Gasteiger partial charge >= 0.3 is 0 Å². The molecule has 10 heteroatoms. The molecule has 0 unspecified atom stereocenters. The number of aryl methyl sites for hydroxylation is 1. The summed E-state index contributed by atoms with van der Waals surface area (Å²) in [5.41, 5.74) is 2.98. The van der Waals surface area contributed by atoms with Crippen molar-refractivity contribution in [1.29, 1.82) is 0 Å². The van der Waals surface area contributed by atoms with Gasteiger partial charge in [0.25, 0.3) is 11.6 Å². The molecule has 40 heavy (non-hydrogen) atoms. The van der Waals surface area contributed by atoms with Crippen LogP contribution in [0.25, 0.3) is 5.69 Å². The molecule has 1 aliphatic rings. The average Bonchev–Trinajstić information content (AvgIpc) is 3.30. The van der Waals surface area contributed by atoms with Gasteiger partial charge in [0, 0.05) is 62.0 Å². The number of nitro groups is 1. The summed E-state index contributed by atoms with van der Waals surface area (Å²) in [5, 5.41) is 16.1. The minimum atomic E-state index is -0.469. The van der Waals surface area contributed by atoms with Gasteiger partial charge in [0.1, 0.15) is 11.6 Å². The average molecular weight is 551 g/mol. The number of anilines is 1. The van der Waals surface area contributed by atoms with Gasteiger partial charge in [-0.1, -0.05) is 20.8 Å². The van der Waals surface area contributed by atoms with Crippen LogP contribution in [-0.2, 0) is 13.0 Å². The molecule has 1 saturated heterocycles. The molecule has 3 aromatic rings. The summed E-state index contributed by atoms with van der Waals surface area (Å²) >= 11 is 0. The highest BCUT2D eigenvalue weighted by Gasteiger charge is 2.29. The summed E-state index contributed by atoms with van der Waals surface area (Å²) in [6.45, 7) is 14.9. The number of aromatic nitrogens is 2. The molecule has 0 spiro atoms. The van der Waals surface area contributed by atoms with Crippen molar-refractivity contribution in [3.8, 4) is 5.69 Å². The Labute approximate surface area is 235 Å². The van der Waals surface area contributed by atoms with Crippen LogP contribution in [0.2, 0.25) is 0 Å². The van der Waals surface area contributed by atoms with Crippen LogP contribution in [0.15, 0.2) is 48.5 Å². The van der Waals surface area contributed by atoms with E-state index < -0.39 is 4.92 Å². The summed E-state index contributed by atoms with van der Waals surface area (Å²) in [5.74, 6) is 0.640. The van der Waals surface area contributed by atoms with E-state index in [1.165, 1.54) is 36.4 Å². The van der Waals surface area contributed by atoms with Crippen molar-refractivity contribution in [2.45, 2.75) is 53.6 Å². The number of nitro benzene ring substituents is 1. The molecule has 0 atom stereocenters. The SMILES string of the molecule is CCc1nn(-c2ccc(F)cc2)c(N2CCN(C(C)C)CC2)c1CN(CC(C)C)C(=O)c1ccc([N+](=O)[O-])cc1. The lowest BCUT2D eigenvalue weighted by Crippen LogP contribution is -2.49. The Kier molecular flexibility index (Phi) is 9.19. The van der Waals surface area contributed by atoms with Crippen molar-refractivity contribution < 1.29 is 14.1 Å². The molecular weight excluding hydrogens is 511 g/mol. The van der Waals surface area contributed by atoms with Crippen LogP contribution >= 0.6 is 0 Å². The lowest BCUT2D eigenvalue weighted by atomic mass is 10.1. The van der Waals surface area contributed by atoms with E-state index in [2.05, 4.69) is 37.5 Å². The molecular formula is C30H39FN6O3.